The summed E-state index contributed by atoms with van der Waals surface area (Å²) in [6, 6.07) is 8.12. The van der Waals surface area contributed by atoms with E-state index in [1.54, 1.807) is 31.2 Å². The van der Waals surface area contributed by atoms with Crippen LogP contribution in [-0.2, 0) is 10.0 Å². The first-order valence-electron chi connectivity index (χ1n) is 7.10. The third-order valence-electron chi connectivity index (χ3n) is 3.64. The number of anilines is 1. The molecule has 3 aromatic rings. The summed E-state index contributed by atoms with van der Waals surface area (Å²) >= 11 is 3.38. The summed E-state index contributed by atoms with van der Waals surface area (Å²) in [5, 5.41) is 3.66. The van der Waals surface area contributed by atoms with Crippen molar-refractivity contribution in [2.75, 3.05) is 4.72 Å². The number of sulfonamides is 1. The van der Waals surface area contributed by atoms with Crippen LogP contribution < -0.4 is 4.72 Å². The number of aryl methyl sites for hydroxylation is 2. The van der Waals surface area contributed by atoms with Crippen molar-refractivity contribution in [1.82, 2.24) is 5.16 Å². The van der Waals surface area contributed by atoms with Crippen LogP contribution in [0.25, 0.3) is 11.5 Å². The minimum Gasteiger partial charge on any atom is -0.439 e. The number of benzene rings is 1. The zero-order valence-corrected chi connectivity index (χ0v) is 15.7. The van der Waals surface area contributed by atoms with E-state index in [4.69, 9.17) is 8.94 Å². The molecule has 24 heavy (non-hydrogen) atoms. The lowest BCUT2D eigenvalue weighted by atomic mass is 10.2. The van der Waals surface area contributed by atoms with Crippen molar-refractivity contribution in [3.8, 4) is 11.5 Å². The molecule has 0 fully saturated rings. The summed E-state index contributed by atoms with van der Waals surface area (Å²) in [4.78, 5) is 0. The lowest BCUT2D eigenvalue weighted by Gasteiger charge is -2.07. The maximum atomic E-state index is 12.5. The van der Waals surface area contributed by atoms with Gasteiger partial charge in [0.1, 0.15) is 0 Å². The Morgan fingerprint density at radius 3 is 2.50 bits per heavy atom. The largest absolute Gasteiger partial charge is 0.439 e. The second-order valence-corrected chi connectivity index (χ2v) is 7.88. The molecule has 3 rings (SSSR count). The molecule has 0 spiro atoms. The van der Waals surface area contributed by atoms with Crippen molar-refractivity contribution < 1.29 is 17.4 Å². The molecule has 0 unspecified atom stereocenters. The number of rotatable bonds is 4. The smallest absolute Gasteiger partial charge is 0.295 e. The molecule has 0 atom stereocenters. The first-order valence-corrected chi connectivity index (χ1v) is 9.37. The Kier molecular flexibility index (Phi) is 4.27. The lowest BCUT2D eigenvalue weighted by molar-refractivity contribution is 0.398. The molecule has 0 aliphatic rings. The molecule has 0 saturated heterocycles. The number of hydrogen-bond acceptors (Lipinski definition) is 5. The predicted molar refractivity (Wildman–Crippen MR) is 93.4 cm³/mol. The Morgan fingerprint density at radius 2 is 1.88 bits per heavy atom. The topological polar surface area (TPSA) is 85.3 Å². The Labute approximate surface area is 148 Å². The normalized spacial score (nSPS) is 11.7. The fourth-order valence-corrected chi connectivity index (χ4v) is 3.38. The second kappa shape index (κ2) is 6.10. The van der Waals surface area contributed by atoms with E-state index in [2.05, 4.69) is 25.8 Å². The van der Waals surface area contributed by atoms with Crippen molar-refractivity contribution in [2.45, 2.75) is 25.9 Å². The average Bonchev–Trinajstić information content (AvgIpc) is 3.12. The highest BCUT2D eigenvalue weighted by Gasteiger charge is 2.22. The first kappa shape index (κ1) is 16.8. The fourth-order valence-electron chi connectivity index (χ4n) is 2.15. The van der Waals surface area contributed by atoms with Gasteiger partial charge in [0.2, 0.25) is 10.9 Å². The molecular formula is C16H15BrN2O4S. The van der Waals surface area contributed by atoms with Gasteiger partial charge in [0, 0.05) is 15.7 Å². The van der Waals surface area contributed by atoms with Gasteiger partial charge in [-0.25, -0.2) is 0 Å². The molecule has 6 nitrogen and oxygen atoms in total. The number of furan rings is 1. The van der Waals surface area contributed by atoms with Gasteiger partial charge in [-0.15, -0.1) is 0 Å². The standard InChI is InChI=1S/C16H15BrN2O4S/c1-9-8-12(4-5-13(9)17)19-24(20,21)15-7-6-14(22-15)16-10(2)11(3)18-23-16/h4-8,19H,1-3H3. The molecule has 0 saturated carbocycles. The molecule has 1 aromatic carbocycles. The number of nitrogens with zero attached hydrogens (tertiary/aromatic N) is 1. The summed E-state index contributed by atoms with van der Waals surface area (Å²) in [6.07, 6.45) is 0. The van der Waals surface area contributed by atoms with Gasteiger partial charge in [0.15, 0.2) is 5.76 Å². The van der Waals surface area contributed by atoms with Crippen molar-refractivity contribution in [1.29, 1.82) is 0 Å². The minimum absolute atomic E-state index is 0.188. The second-order valence-electron chi connectivity index (χ2n) is 5.41. The zero-order valence-electron chi connectivity index (χ0n) is 13.3. The van der Waals surface area contributed by atoms with Crippen molar-refractivity contribution in [3.05, 3.63) is 51.6 Å². The monoisotopic (exact) mass is 410 g/mol. The van der Waals surface area contributed by atoms with Crippen LogP contribution in [0, 0.1) is 20.8 Å². The van der Waals surface area contributed by atoms with E-state index in [1.165, 1.54) is 6.07 Å². The minimum atomic E-state index is -3.83. The van der Waals surface area contributed by atoms with E-state index in [-0.39, 0.29) is 5.09 Å². The van der Waals surface area contributed by atoms with Crippen molar-refractivity contribution in [3.63, 3.8) is 0 Å². The van der Waals surface area contributed by atoms with Crippen LogP contribution in [0.15, 0.2) is 48.8 Å². The highest BCUT2D eigenvalue weighted by Crippen LogP contribution is 2.29. The predicted octanol–water partition coefficient (Wildman–Crippen LogP) is 4.42. The van der Waals surface area contributed by atoms with Crippen LogP contribution in [0.3, 0.4) is 0 Å². The summed E-state index contributed by atoms with van der Waals surface area (Å²) in [5.74, 6) is 0.744. The van der Waals surface area contributed by atoms with Crippen LogP contribution in [0.4, 0.5) is 5.69 Å². The van der Waals surface area contributed by atoms with E-state index >= 15 is 0 Å². The molecule has 0 bridgehead atoms. The Bertz CT molecular complexity index is 1010. The summed E-state index contributed by atoms with van der Waals surface area (Å²) < 4.78 is 39.0. The molecule has 0 aliphatic carbocycles. The molecule has 2 heterocycles. The number of hydrogen-bond donors (Lipinski definition) is 1. The van der Waals surface area contributed by atoms with E-state index in [0.29, 0.717) is 17.2 Å². The van der Waals surface area contributed by atoms with E-state index < -0.39 is 10.0 Å². The van der Waals surface area contributed by atoms with Crippen LogP contribution in [-0.4, -0.2) is 13.6 Å². The summed E-state index contributed by atoms with van der Waals surface area (Å²) in [5.41, 5.74) is 2.92. The highest BCUT2D eigenvalue weighted by molar-refractivity contribution is 9.10. The van der Waals surface area contributed by atoms with Crippen molar-refractivity contribution in [2.24, 2.45) is 0 Å². The quantitative estimate of drug-likeness (QED) is 0.687. The zero-order chi connectivity index (χ0) is 17.5. The van der Waals surface area contributed by atoms with Gasteiger partial charge in [-0.1, -0.05) is 21.1 Å². The number of nitrogens with one attached hydrogen (secondary N) is 1. The van der Waals surface area contributed by atoms with E-state index in [0.717, 1.165) is 21.3 Å². The molecule has 1 N–H and O–H groups in total. The van der Waals surface area contributed by atoms with Crippen molar-refractivity contribution >= 4 is 31.6 Å². The van der Waals surface area contributed by atoms with E-state index in [9.17, 15) is 8.42 Å². The molecule has 2 aromatic heterocycles. The Hall–Kier alpha value is -2.06. The Balaban J connectivity index is 1.90. The lowest BCUT2D eigenvalue weighted by Crippen LogP contribution is -2.12. The maximum Gasteiger partial charge on any atom is 0.295 e. The number of aromatic nitrogens is 1. The molecule has 126 valence electrons. The van der Waals surface area contributed by atoms with Gasteiger partial charge < -0.3 is 8.94 Å². The highest BCUT2D eigenvalue weighted by atomic mass is 79.9. The molecule has 0 amide bonds. The summed E-state index contributed by atoms with van der Waals surface area (Å²) in [7, 11) is -3.83. The maximum absolute atomic E-state index is 12.5. The first-order chi connectivity index (χ1) is 11.3. The number of halogens is 1. The summed E-state index contributed by atoms with van der Waals surface area (Å²) in [6.45, 7) is 5.52. The van der Waals surface area contributed by atoms with Crippen LogP contribution in [0.1, 0.15) is 16.8 Å². The fraction of sp³-hybridized carbons (Fsp3) is 0.188. The third kappa shape index (κ3) is 3.11. The molecule has 0 aliphatic heterocycles. The van der Waals surface area contributed by atoms with E-state index in [1.807, 2.05) is 13.8 Å². The molecule has 0 radical (unpaired) electrons. The van der Waals surface area contributed by atoms with Gasteiger partial charge in [-0.3, -0.25) is 4.72 Å². The van der Waals surface area contributed by atoms with Gasteiger partial charge >= 0.3 is 0 Å². The molecular weight excluding hydrogens is 396 g/mol. The van der Waals surface area contributed by atoms with Gasteiger partial charge in [-0.2, -0.15) is 8.42 Å². The van der Waals surface area contributed by atoms with Gasteiger partial charge in [-0.05, 0) is 56.7 Å². The SMILES string of the molecule is Cc1cc(NS(=O)(=O)c2ccc(-c3onc(C)c3C)o2)ccc1Br. The van der Waals surface area contributed by atoms with Gasteiger partial charge in [0.25, 0.3) is 10.0 Å². The van der Waals surface area contributed by atoms with Crippen LogP contribution in [0.2, 0.25) is 0 Å². The van der Waals surface area contributed by atoms with Crippen LogP contribution >= 0.6 is 15.9 Å². The molecule has 8 heteroatoms. The average molecular weight is 411 g/mol. The van der Waals surface area contributed by atoms with Crippen LogP contribution in [0.5, 0.6) is 0 Å². The third-order valence-corrected chi connectivity index (χ3v) is 5.78. The Morgan fingerprint density at radius 1 is 1.12 bits per heavy atom. The van der Waals surface area contributed by atoms with Gasteiger partial charge in [0.05, 0.1) is 5.69 Å².